The van der Waals surface area contributed by atoms with E-state index in [0.717, 1.165) is 29.0 Å². The number of benzene rings is 1. The molecule has 0 atom stereocenters. The van der Waals surface area contributed by atoms with E-state index in [4.69, 9.17) is 4.74 Å². The fourth-order valence-electron chi connectivity index (χ4n) is 4.16. The van der Waals surface area contributed by atoms with Crippen LogP contribution in [0.3, 0.4) is 0 Å². The number of fused-ring (bicyclic) bond motifs is 1. The van der Waals surface area contributed by atoms with Crippen molar-refractivity contribution in [2.45, 2.75) is 51.4 Å². The van der Waals surface area contributed by atoms with E-state index in [9.17, 15) is 9.59 Å². The van der Waals surface area contributed by atoms with E-state index in [0.29, 0.717) is 4.88 Å². The lowest BCUT2D eigenvalue weighted by Gasteiger charge is -2.42. The number of methoxy groups -OCH3 is 1. The van der Waals surface area contributed by atoms with Gasteiger partial charge in [-0.05, 0) is 59.1 Å². The second-order valence-corrected chi connectivity index (χ2v) is 11.1. The third kappa shape index (κ3) is 4.49. The van der Waals surface area contributed by atoms with Crippen molar-refractivity contribution in [1.82, 2.24) is 9.80 Å². The molecule has 0 radical (unpaired) electrons. The third-order valence-electron chi connectivity index (χ3n) is 6.47. The molecular weight excluding hydrogens is 408 g/mol. The molecule has 0 bridgehead atoms. The molecule has 1 aliphatic rings. The maximum atomic E-state index is 12.9. The molecule has 0 saturated carbocycles. The Morgan fingerprint density at radius 3 is 2.13 bits per heavy atom. The molecule has 1 heterocycles. The first-order valence-corrected chi connectivity index (χ1v) is 11.5. The van der Waals surface area contributed by atoms with Gasteiger partial charge in [0.1, 0.15) is 5.75 Å². The molecule has 31 heavy (non-hydrogen) atoms. The Kier molecular flexibility index (Phi) is 6.25. The highest BCUT2D eigenvalue weighted by atomic mass is 32.1. The lowest BCUT2D eigenvalue weighted by atomic mass is 9.63. The lowest BCUT2D eigenvalue weighted by molar-refractivity contribution is -0.129. The summed E-state index contributed by atoms with van der Waals surface area (Å²) < 4.78 is 5.78. The molecule has 168 valence electrons. The Hall–Kier alpha value is -2.34. The van der Waals surface area contributed by atoms with Gasteiger partial charge < -0.3 is 14.5 Å². The maximum absolute atomic E-state index is 12.9. The van der Waals surface area contributed by atoms with E-state index in [1.165, 1.54) is 32.3 Å². The second kappa shape index (κ2) is 8.30. The van der Waals surface area contributed by atoms with Crippen LogP contribution in [-0.4, -0.2) is 56.4 Å². The summed E-state index contributed by atoms with van der Waals surface area (Å²) >= 11 is 1.44. The van der Waals surface area contributed by atoms with Crippen molar-refractivity contribution >= 4 is 23.2 Å². The molecule has 0 N–H and O–H groups in total. The average Bonchev–Trinajstić information content (AvgIpc) is 3.19. The van der Waals surface area contributed by atoms with Crippen LogP contribution >= 0.6 is 11.3 Å². The maximum Gasteiger partial charge on any atom is 0.264 e. The summed E-state index contributed by atoms with van der Waals surface area (Å²) in [4.78, 5) is 29.4. The molecule has 0 fully saturated rings. The predicted octanol–water partition coefficient (Wildman–Crippen LogP) is 4.93. The van der Waals surface area contributed by atoms with Crippen molar-refractivity contribution in [2.24, 2.45) is 0 Å². The quantitative estimate of drug-likeness (QED) is 0.659. The van der Waals surface area contributed by atoms with Crippen LogP contribution in [-0.2, 0) is 15.6 Å². The van der Waals surface area contributed by atoms with E-state index in [1.807, 2.05) is 12.1 Å². The van der Waals surface area contributed by atoms with Gasteiger partial charge in [0.25, 0.3) is 5.91 Å². The minimum atomic E-state index is -0.148. The number of amides is 2. The van der Waals surface area contributed by atoms with Crippen molar-refractivity contribution in [3.8, 4) is 16.2 Å². The number of hydrogen-bond donors (Lipinski definition) is 0. The van der Waals surface area contributed by atoms with Gasteiger partial charge in [-0.25, -0.2) is 0 Å². The summed E-state index contributed by atoms with van der Waals surface area (Å²) in [5, 5.41) is 0. The number of likely N-dealkylation sites (N-methyl/N-ethyl adjacent to an activating group) is 2. The molecule has 2 aromatic rings. The zero-order valence-electron chi connectivity index (χ0n) is 20.0. The van der Waals surface area contributed by atoms with E-state index < -0.39 is 0 Å². The summed E-state index contributed by atoms with van der Waals surface area (Å²) in [6.07, 6.45) is 2.28. The molecule has 0 aliphatic heterocycles. The van der Waals surface area contributed by atoms with Crippen LogP contribution in [0.15, 0.2) is 24.3 Å². The van der Waals surface area contributed by atoms with Crippen LogP contribution in [0, 0.1) is 0 Å². The predicted molar refractivity (Wildman–Crippen MR) is 127 cm³/mol. The van der Waals surface area contributed by atoms with E-state index in [-0.39, 0.29) is 29.2 Å². The zero-order valence-corrected chi connectivity index (χ0v) is 20.8. The first-order valence-electron chi connectivity index (χ1n) is 10.7. The van der Waals surface area contributed by atoms with Gasteiger partial charge in [-0.1, -0.05) is 27.7 Å². The fourth-order valence-corrected chi connectivity index (χ4v) is 5.18. The summed E-state index contributed by atoms with van der Waals surface area (Å²) in [6.45, 7) is 9.26. The van der Waals surface area contributed by atoms with E-state index in [1.54, 1.807) is 28.3 Å². The minimum Gasteiger partial charge on any atom is -0.496 e. The van der Waals surface area contributed by atoms with E-state index in [2.05, 4.69) is 39.8 Å². The zero-order chi connectivity index (χ0) is 23.1. The van der Waals surface area contributed by atoms with Crippen LogP contribution in [0.5, 0.6) is 5.75 Å². The molecule has 5 nitrogen and oxygen atoms in total. The molecule has 2 amide bonds. The number of hydrogen-bond acceptors (Lipinski definition) is 4. The minimum absolute atomic E-state index is 0.0600. The van der Waals surface area contributed by atoms with Gasteiger partial charge in [-0.15, -0.1) is 11.3 Å². The van der Waals surface area contributed by atoms with Crippen LogP contribution in [0.1, 0.15) is 61.3 Å². The molecule has 1 aromatic heterocycles. The lowest BCUT2D eigenvalue weighted by Crippen LogP contribution is -2.37. The molecule has 0 spiro atoms. The third-order valence-corrected chi connectivity index (χ3v) is 7.58. The molecule has 1 aromatic carbocycles. The summed E-state index contributed by atoms with van der Waals surface area (Å²) in [7, 11) is 6.74. The Bertz CT molecular complexity index is 1000. The van der Waals surface area contributed by atoms with E-state index >= 15 is 0 Å². The van der Waals surface area contributed by atoms with Gasteiger partial charge in [-0.2, -0.15) is 0 Å². The molecule has 0 unspecified atom stereocenters. The van der Waals surface area contributed by atoms with Gasteiger partial charge in [0.15, 0.2) is 0 Å². The molecular formula is C25H34N2O3S. The van der Waals surface area contributed by atoms with Gasteiger partial charge in [0, 0.05) is 31.6 Å². The van der Waals surface area contributed by atoms with Crippen molar-refractivity contribution in [1.29, 1.82) is 0 Å². The Morgan fingerprint density at radius 1 is 1.00 bits per heavy atom. The Labute approximate surface area is 190 Å². The SMILES string of the molecule is COc1cc2c(cc1-c1ccc(C(=O)N(C)CC(=O)N(C)C)s1)C(C)(C)CCC2(C)C. The number of ether oxygens (including phenoxy) is 1. The highest BCUT2D eigenvalue weighted by Gasteiger charge is 2.38. The molecule has 1 aliphatic carbocycles. The van der Waals surface area contributed by atoms with Gasteiger partial charge in [0.2, 0.25) is 5.91 Å². The second-order valence-electron chi connectivity index (χ2n) is 9.98. The van der Waals surface area contributed by atoms with Crippen molar-refractivity contribution in [3.63, 3.8) is 0 Å². The van der Waals surface area contributed by atoms with Gasteiger partial charge in [0.05, 0.1) is 18.5 Å². The van der Waals surface area contributed by atoms with Gasteiger partial charge in [-0.3, -0.25) is 9.59 Å². The number of nitrogens with zero attached hydrogens (tertiary/aromatic N) is 2. The first-order chi connectivity index (χ1) is 14.4. The number of carbonyl (C=O) groups excluding carboxylic acids is 2. The Morgan fingerprint density at radius 2 is 1.58 bits per heavy atom. The highest BCUT2D eigenvalue weighted by Crippen LogP contribution is 2.49. The smallest absolute Gasteiger partial charge is 0.264 e. The largest absolute Gasteiger partial charge is 0.496 e. The molecule has 6 heteroatoms. The van der Waals surface area contributed by atoms with Crippen LogP contribution in [0.2, 0.25) is 0 Å². The van der Waals surface area contributed by atoms with Crippen LogP contribution in [0.25, 0.3) is 10.4 Å². The summed E-state index contributed by atoms with van der Waals surface area (Å²) in [6, 6.07) is 8.26. The number of rotatable bonds is 5. The summed E-state index contributed by atoms with van der Waals surface area (Å²) in [5.41, 5.74) is 3.92. The first kappa shape index (κ1) is 23.3. The average molecular weight is 443 g/mol. The topological polar surface area (TPSA) is 49.9 Å². The molecule has 3 rings (SSSR count). The normalized spacial score (nSPS) is 16.4. The Balaban J connectivity index is 1.98. The highest BCUT2D eigenvalue weighted by molar-refractivity contribution is 7.17. The molecule has 0 saturated heterocycles. The number of thiophene rings is 1. The monoisotopic (exact) mass is 442 g/mol. The van der Waals surface area contributed by atoms with Crippen LogP contribution in [0.4, 0.5) is 0 Å². The van der Waals surface area contributed by atoms with Crippen LogP contribution < -0.4 is 4.74 Å². The van der Waals surface area contributed by atoms with Crippen molar-refractivity contribution < 1.29 is 14.3 Å². The summed E-state index contributed by atoms with van der Waals surface area (Å²) in [5.74, 6) is 0.584. The van der Waals surface area contributed by atoms with Crippen molar-refractivity contribution in [2.75, 3.05) is 34.8 Å². The standard InChI is InChI=1S/C25H34N2O3S/c1-24(2)11-12-25(3,4)18-14-19(30-8)16(13-17(18)24)20-9-10-21(31-20)23(29)27(7)15-22(28)26(5)6/h9-10,13-14H,11-12,15H2,1-8H3. The fraction of sp³-hybridized carbons (Fsp3) is 0.520. The van der Waals surface area contributed by atoms with Gasteiger partial charge >= 0.3 is 0 Å². The number of carbonyl (C=O) groups is 2. The van der Waals surface area contributed by atoms with Crippen molar-refractivity contribution in [3.05, 3.63) is 40.3 Å².